The number of ether oxygens (including phenoxy) is 4. The first kappa shape index (κ1) is 18.9. The van der Waals surface area contributed by atoms with E-state index in [0.717, 1.165) is 0 Å². The Hall–Kier alpha value is -3.42. The van der Waals surface area contributed by atoms with Crippen molar-refractivity contribution in [2.45, 2.75) is 6.42 Å². The molecule has 0 radical (unpaired) electrons. The lowest BCUT2D eigenvalue weighted by atomic mass is 10.1. The highest BCUT2D eigenvalue weighted by atomic mass is 16.6. The molecule has 1 atom stereocenters. The Bertz CT molecular complexity index is 945. The van der Waals surface area contributed by atoms with Crippen molar-refractivity contribution in [2.24, 2.45) is 5.92 Å². The van der Waals surface area contributed by atoms with Gasteiger partial charge in [-0.2, -0.15) is 0 Å². The van der Waals surface area contributed by atoms with Crippen LogP contribution in [0, 0.1) is 5.92 Å². The van der Waals surface area contributed by atoms with Gasteiger partial charge in [-0.05, 0) is 24.3 Å². The van der Waals surface area contributed by atoms with Gasteiger partial charge < -0.3 is 29.2 Å². The fourth-order valence-electron chi connectivity index (χ4n) is 3.49. The minimum Gasteiger partial charge on any atom is -0.497 e. The van der Waals surface area contributed by atoms with Crippen LogP contribution >= 0.6 is 0 Å². The summed E-state index contributed by atoms with van der Waals surface area (Å²) in [6, 6.07) is 10.5. The number of fused-ring (bicyclic) bond motifs is 1. The van der Waals surface area contributed by atoms with Crippen LogP contribution in [0.3, 0.4) is 0 Å². The summed E-state index contributed by atoms with van der Waals surface area (Å²) < 4.78 is 21.6. The molecule has 0 saturated carbocycles. The zero-order chi connectivity index (χ0) is 20.4. The van der Waals surface area contributed by atoms with Crippen molar-refractivity contribution in [1.29, 1.82) is 0 Å². The number of amides is 2. The van der Waals surface area contributed by atoms with E-state index in [1.54, 1.807) is 48.4 Å². The Labute approximate surface area is 168 Å². The Kier molecular flexibility index (Phi) is 5.16. The molecule has 152 valence electrons. The van der Waals surface area contributed by atoms with E-state index in [1.807, 2.05) is 0 Å². The number of carbonyl (C=O) groups is 2. The summed E-state index contributed by atoms with van der Waals surface area (Å²) in [5.41, 5.74) is 1.22. The summed E-state index contributed by atoms with van der Waals surface area (Å²) in [7, 11) is 3.10. The topological polar surface area (TPSA) is 86.3 Å². The van der Waals surface area contributed by atoms with Crippen molar-refractivity contribution >= 4 is 23.2 Å². The molecule has 2 aromatic carbocycles. The smallest absolute Gasteiger partial charge is 0.229 e. The maximum absolute atomic E-state index is 12.7. The predicted molar refractivity (Wildman–Crippen MR) is 106 cm³/mol. The molecule has 4 rings (SSSR count). The van der Waals surface area contributed by atoms with Crippen LogP contribution in [0.5, 0.6) is 23.0 Å². The third-order valence-electron chi connectivity index (χ3n) is 4.98. The number of rotatable bonds is 5. The fraction of sp³-hybridized carbons (Fsp3) is 0.333. The van der Waals surface area contributed by atoms with Crippen LogP contribution in [-0.2, 0) is 9.59 Å². The van der Waals surface area contributed by atoms with Crippen molar-refractivity contribution in [3.63, 3.8) is 0 Å². The van der Waals surface area contributed by atoms with Crippen molar-refractivity contribution in [1.82, 2.24) is 0 Å². The van der Waals surface area contributed by atoms with Crippen LogP contribution in [0.4, 0.5) is 11.4 Å². The lowest BCUT2D eigenvalue weighted by Crippen LogP contribution is -2.28. The minimum absolute atomic E-state index is 0.129. The van der Waals surface area contributed by atoms with E-state index >= 15 is 0 Å². The van der Waals surface area contributed by atoms with E-state index in [9.17, 15) is 9.59 Å². The van der Waals surface area contributed by atoms with Crippen LogP contribution in [0.1, 0.15) is 6.42 Å². The summed E-state index contributed by atoms with van der Waals surface area (Å²) in [5.74, 6) is 1.59. The van der Waals surface area contributed by atoms with Crippen LogP contribution < -0.4 is 29.2 Å². The Morgan fingerprint density at radius 3 is 2.62 bits per heavy atom. The van der Waals surface area contributed by atoms with E-state index < -0.39 is 5.92 Å². The van der Waals surface area contributed by atoms with Crippen LogP contribution in [0.15, 0.2) is 36.4 Å². The van der Waals surface area contributed by atoms with Crippen molar-refractivity contribution in [3.05, 3.63) is 36.4 Å². The molecule has 1 unspecified atom stereocenters. The molecule has 0 bridgehead atoms. The van der Waals surface area contributed by atoms with Gasteiger partial charge in [-0.3, -0.25) is 9.59 Å². The molecule has 2 aliphatic rings. The van der Waals surface area contributed by atoms with Gasteiger partial charge >= 0.3 is 0 Å². The van der Waals surface area contributed by atoms with Gasteiger partial charge in [-0.1, -0.05) is 0 Å². The minimum atomic E-state index is -0.470. The van der Waals surface area contributed by atoms with Gasteiger partial charge in [0, 0.05) is 30.8 Å². The maximum atomic E-state index is 12.7. The van der Waals surface area contributed by atoms with Gasteiger partial charge in [-0.25, -0.2) is 0 Å². The zero-order valence-corrected chi connectivity index (χ0v) is 16.3. The van der Waals surface area contributed by atoms with Crippen molar-refractivity contribution in [3.8, 4) is 23.0 Å². The normalized spacial score (nSPS) is 17.8. The maximum Gasteiger partial charge on any atom is 0.229 e. The molecule has 2 amide bonds. The molecule has 2 heterocycles. The molecule has 1 fully saturated rings. The number of hydrogen-bond acceptors (Lipinski definition) is 6. The SMILES string of the molecule is COc1ccc(N2CC(C(=O)Nc3ccc4c(c3)OCCO4)CC2=O)c(OC)c1. The average Bonchev–Trinajstić information content (AvgIpc) is 3.14. The van der Waals surface area contributed by atoms with Crippen LogP contribution in [0.25, 0.3) is 0 Å². The summed E-state index contributed by atoms with van der Waals surface area (Å²) in [6.07, 6.45) is 0.131. The highest BCUT2D eigenvalue weighted by Gasteiger charge is 2.36. The quantitative estimate of drug-likeness (QED) is 0.833. The third kappa shape index (κ3) is 3.78. The van der Waals surface area contributed by atoms with Crippen LogP contribution in [-0.4, -0.2) is 45.8 Å². The van der Waals surface area contributed by atoms with Gasteiger partial charge in [-0.15, -0.1) is 0 Å². The number of anilines is 2. The molecular formula is C21H22N2O6. The van der Waals surface area contributed by atoms with Crippen molar-refractivity contribution < 1.29 is 28.5 Å². The van der Waals surface area contributed by atoms with Gasteiger partial charge in [0.05, 0.1) is 25.8 Å². The van der Waals surface area contributed by atoms with Crippen LogP contribution in [0.2, 0.25) is 0 Å². The van der Waals surface area contributed by atoms with E-state index in [2.05, 4.69) is 5.32 Å². The number of carbonyl (C=O) groups excluding carboxylic acids is 2. The standard InChI is InChI=1S/C21H22N2O6/c1-26-15-4-5-16(18(11-15)27-2)23-12-13(9-20(23)24)21(25)22-14-3-6-17-19(10-14)29-8-7-28-17/h3-6,10-11,13H,7-9,12H2,1-2H3,(H,22,25). The first-order chi connectivity index (χ1) is 14.1. The molecule has 8 nitrogen and oxygen atoms in total. The molecule has 8 heteroatoms. The molecule has 2 aliphatic heterocycles. The fourth-order valence-corrected chi connectivity index (χ4v) is 3.49. The second kappa shape index (κ2) is 7.90. The van der Waals surface area contributed by atoms with E-state index in [0.29, 0.717) is 47.6 Å². The van der Waals surface area contributed by atoms with Gasteiger partial charge in [0.2, 0.25) is 11.8 Å². The first-order valence-corrected chi connectivity index (χ1v) is 9.32. The number of nitrogens with zero attached hydrogens (tertiary/aromatic N) is 1. The number of methoxy groups -OCH3 is 2. The summed E-state index contributed by atoms with van der Waals surface area (Å²) >= 11 is 0. The average molecular weight is 398 g/mol. The van der Waals surface area contributed by atoms with E-state index in [-0.39, 0.29) is 24.8 Å². The highest BCUT2D eigenvalue weighted by Crippen LogP contribution is 2.36. The number of hydrogen-bond donors (Lipinski definition) is 1. The zero-order valence-electron chi connectivity index (χ0n) is 16.3. The molecule has 0 aromatic heterocycles. The monoisotopic (exact) mass is 398 g/mol. The van der Waals surface area contributed by atoms with Gasteiger partial charge in [0.15, 0.2) is 11.5 Å². The highest BCUT2D eigenvalue weighted by molar-refractivity contribution is 6.04. The van der Waals surface area contributed by atoms with Crippen molar-refractivity contribution in [2.75, 3.05) is 44.2 Å². The van der Waals surface area contributed by atoms with Gasteiger partial charge in [0.25, 0.3) is 0 Å². The molecule has 2 aromatic rings. The predicted octanol–water partition coefficient (Wildman–Crippen LogP) is 2.47. The molecule has 1 N–H and O–H groups in total. The summed E-state index contributed by atoms with van der Waals surface area (Å²) in [4.78, 5) is 26.9. The largest absolute Gasteiger partial charge is 0.497 e. The Morgan fingerprint density at radius 2 is 1.86 bits per heavy atom. The first-order valence-electron chi connectivity index (χ1n) is 9.32. The van der Waals surface area contributed by atoms with E-state index in [4.69, 9.17) is 18.9 Å². The molecule has 1 saturated heterocycles. The summed E-state index contributed by atoms with van der Waals surface area (Å²) in [6.45, 7) is 1.26. The molecule has 0 aliphatic carbocycles. The van der Waals surface area contributed by atoms with E-state index in [1.165, 1.54) is 7.11 Å². The van der Waals surface area contributed by atoms with Gasteiger partial charge in [0.1, 0.15) is 24.7 Å². The number of nitrogens with one attached hydrogen (secondary N) is 1. The summed E-state index contributed by atoms with van der Waals surface area (Å²) in [5, 5.41) is 2.87. The Morgan fingerprint density at radius 1 is 1.07 bits per heavy atom. The Balaban J connectivity index is 1.47. The molecule has 0 spiro atoms. The number of benzene rings is 2. The second-order valence-corrected chi connectivity index (χ2v) is 6.79. The molecular weight excluding hydrogens is 376 g/mol. The lowest BCUT2D eigenvalue weighted by molar-refractivity contribution is -0.122. The third-order valence-corrected chi connectivity index (χ3v) is 4.98. The molecule has 29 heavy (non-hydrogen) atoms. The second-order valence-electron chi connectivity index (χ2n) is 6.79. The lowest BCUT2D eigenvalue weighted by Gasteiger charge is -2.20.